The highest BCUT2D eigenvalue weighted by Gasteiger charge is 2.29. The fraction of sp³-hybridized carbons (Fsp3) is 0.120. The van der Waals surface area contributed by atoms with Crippen LogP contribution in [-0.4, -0.2) is 26.5 Å². The SMILES string of the molecule is O=C(O)C(NC(=O)C(Cc1ccccc1)n1cnc2ccccc2c1=O)c1ccccc1. The number of rotatable bonds is 7. The molecule has 7 nitrogen and oxygen atoms in total. The average Bonchev–Trinajstić information content (AvgIpc) is 2.82. The number of nitrogens with one attached hydrogen (secondary N) is 1. The molecule has 1 amide bonds. The molecule has 0 aliphatic rings. The summed E-state index contributed by atoms with van der Waals surface area (Å²) in [5, 5.41) is 12.7. The lowest BCUT2D eigenvalue weighted by molar-refractivity contribution is -0.142. The van der Waals surface area contributed by atoms with Gasteiger partial charge in [-0.3, -0.25) is 14.2 Å². The molecule has 0 fully saturated rings. The summed E-state index contributed by atoms with van der Waals surface area (Å²) in [5.74, 6) is -1.77. The Morgan fingerprint density at radius 2 is 1.53 bits per heavy atom. The van der Waals surface area contributed by atoms with Crippen molar-refractivity contribution in [2.75, 3.05) is 0 Å². The van der Waals surface area contributed by atoms with Crippen molar-refractivity contribution in [3.8, 4) is 0 Å². The first-order valence-electron chi connectivity index (χ1n) is 10.1. The number of carbonyl (C=O) groups is 2. The Balaban J connectivity index is 1.74. The minimum Gasteiger partial charge on any atom is -0.479 e. The van der Waals surface area contributed by atoms with Gasteiger partial charge in [-0.25, -0.2) is 9.78 Å². The fourth-order valence-corrected chi connectivity index (χ4v) is 3.63. The Hall–Kier alpha value is -4.26. The Morgan fingerprint density at radius 1 is 0.906 bits per heavy atom. The molecule has 0 saturated heterocycles. The number of nitrogens with zero attached hydrogens (tertiary/aromatic N) is 2. The lowest BCUT2D eigenvalue weighted by atomic mass is 10.0. The number of para-hydroxylation sites is 1. The van der Waals surface area contributed by atoms with Crippen molar-refractivity contribution in [1.29, 1.82) is 0 Å². The molecule has 0 bridgehead atoms. The van der Waals surface area contributed by atoms with Gasteiger partial charge in [0.25, 0.3) is 5.56 Å². The molecular weight excluding hydrogens is 406 g/mol. The van der Waals surface area contributed by atoms with Crippen LogP contribution in [0.15, 0.2) is 96.1 Å². The second kappa shape index (κ2) is 9.26. The average molecular weight is 427 g/mol. The number of fused-ring (bicyclic) bond motifs is 1. The van der Waals surface area contributed by atoms with E-state index in [1.54, 1.807) is 54.6 Å². The van der Waals surface area contributed by atoms with Crippen molar-refractivity contribution in [3.63, 3.8) is 0 Å². The van der Waals surface area contributed by atoms with Crippen LogP contribution in [0.25, 0.3) is 10.9 Å². The van der Waals surface area contributed by atoms with Crippen molar-refractivity contribution in [2.24, 2.45) is 0 Å². The second-order valence-corrected chi connectivity index (χ2v) is 7.37. The lowest BCUT2D eigenvalue weighted by Crippen LogP contribution is -2.42. The normalized spacial score (nSPS) is 12.8. The van der Waals surface area contributed by atoms with Crippen molar-refractivity contribution >= 4 is 22.8 Å². The number of carboxylic acids is 1. The summed E-state index contributed by atoms with van der Waals surface area (Å²) < 4.78 is 1.27. The molecule has 1 heterocycles. The summed E-state index contributed by atoms with van der Waals surface area (Å²) in [7, 11) is 0. The highest BCUT2D eigenvalue weighted by molar-refractivity contribution is 5.87. The Kier molecular flexibility index (Phi) is 6.07. The molecular formula is C25H21N3O4. The van der Waals surface area contributed by atoms with Crippen molar-refractivity contribution in [3.05, 3.63) is 113 Å². The summed E-state index contributed by atoms with van der Waals surface area (Å²) in [4.78, 5) is 42.8. The zero-order valence-corrected chi connectivity index (χ0v) is 17.1. The predicted molar refractivity (Wildman–Crippen MR) is 120 cm³/mol. The third-order valence-electron chi connectivity index (χ3n) is 5.27. The number of hydrogen-bond acceptors (Lipinski definition) is 4. The predicted octanol–water partition coefficient (Wildman–Crippen LogP) is 3.12. The number of aromatic nitrogens is 2. The van der Waals surface area contributed by atoms with Crippen molar-refractivity contribution in [1.82, 2.24) is 14.9 Å². The molecule has 32 heavy (non-hydrogen) atoms. The van der Waals surface area contributed by atoms with Crippen LogP contribution in [0.5, 0.6) is 0 Å². The Morgan fingerprint density at radius 3 is 2.22 bits per heavy atom. The third-order valence-corrected chi connectivity index (χ3v) is 5.27. The van der Waals surface area contributed by atoms with Gasteiger partial charge in [-0.15, -0.1) is 0 Å². The van der Waals surface area contributed by atoms with Gasteiger partial charge in [0, 0.05) is 6.42 Å². The van der Waals surface area contributed by atoms with E-state index in [1.807, 2.05) is 30.3 Å². The smallest absolute Gasteiger partial charge is 0.330 e. The summed E-state index contributed by atoms with van der Waals surface area (Å²) in [6.45, 7) is 0. The quantitative estimate of drug-likeness (QED) is 0.472. The number of aliphatic carboxylic acids is 1. The molecule has 0 aliphatic heterocycles. The molecule has 0 spiro atoms. The number of carbonyl (C=O) groups excluding carboxylic acids is 1. The Bertz CT molecular complexity index is 1300. The molecule has 2 atom stereocenters. The maximum Gasteiger partial charge on any atom is 0.330 e. The maximum absolute atomic E-state index is 13.4. The van der Waals surface area contributed by atoms with E-state index in [4.69, 9.17) is 0 Å². The molecule has 2 N–H and O–H groups in total. The Labute approximate surface area is 184 Å². The van der Waals surface area contributed by atoms with Gasteiger partial charge in [-0.05, 0) is 23.3 Å². The van der Waals surface area contributed by atoms with E-state index in [0.717, 1.165) is 5.56 Å². The number of amides is 1. The first-order chi connectivity index (χ1) is 15.5. The summed E-state index contributed by atoms with van der Waals surface area (Å²) in [6, 6.07) is 22.4. The van der Waals surface area contributed by atoms with Crippen LogP contribution in [0.1, 0.15) is 23.2 Å². The number of hydrogen-bond donors (Lipinski definition) is 2. The van der Waals surface area contributed by atoms with Crippen LogP contribution in [0, 0.1) is 0 Å². The molecule has 1 aromatic heterocycles. The highest BCUT2D eigenvalue weighted by Crippen LogP contribution is 2.19. The minimum atomic E-state index is -1.24. The van der Waals surface area contributed by atoms with Gasteiger partial charge < -0.3 is 10.4 Å². The zero-order chi connectivity index (χ0) is 22.5. The topological polar surface area (TPSA) is 101 Å². The first-order valence-corrected chi connectivity index (χ1v) is 10.1. The second-order valence-electron chi connectivity index (χ2n) is 7.37. The molecule has 0 aliphatic carbocycles. The number of carboxylic acid groups (broad SMARTS) is 1. The van der Waals surface area contributed by atoms with Crippen LogP contribution >= 0.6 is 0 Å². The van der Waals surface area contributed by atoms with E-state index in [9.17, 15) is 19.5 Å². The van der Waals surface area contributed by atoms with Crippen LogP contribution in [0.4, 0.5) is 0 Å². The van der Waals surface area contributed by atoms with E-state index in [0.29, 0.717) is 16.5 Å². The van der Waals surface area contributed by atoms with Crippen LogP contribution in [-0.2, 0) is 16.0 Å². The summed E-state index contributed by atoms with van der Waals surface area (Å²) >= 11 is 0. The minimum absolute atomic E-state index is 0.202. The monoisotopic (exact) mass is 427 g/mol. The molecule has 7 heteroatoms. The molecule has 0 radical (unpaired) electrons. The van der Waals surface area contributed by atoms with E-state index >= 15 is 0 Å². The van der Waals surface area contributed by atoms with Gasteiger partial charge in [-0.2, -0.15) is 0 Å². The van der Waals surface area contributed by atoms with Crippen molar-refractivity contribution < 1.29 is 14.7 Å². The van der Waals surface area contributed by atoms with Crippen LogP contribution in [0.2, 0.25) is 0 Å². The summed E-state index contributed by atoms with van der Waals surface area (Å²) in [5.41, 5.74) is 1.44. The molecule has 160 valence electrons. The van der Waals surface area contributed by atoms with Crippen LogP contribution < -0.4 is 10.9 Å². The largest absolute Gasteiger partial charge is 0.479 e. The zero-order valence-electron chi connectivity index (χ0n) is 17.1. The molecule has 4 aromatic rings. The van der Waals surface area contributed by atoms with Gasteiger partial charge in [0.2, 0.25) is 5.91 Å². The number of benzene rings is 3. The van der Waals surface area contributed by atoms with Gasteiger partial charge >= 0.3 is 5.97 Å². The highest BCUT2D eigenvalue weighted by atomic mass is 16.4. The van der Waals surface area contributed by atoms with Gasteiger partial charge in [0.15, 0.2) is 6.04 Å². The van der Waals surface area contributed by atoms with E-state index < -0.39 is 24.0 Å². The van der Waals surface area contributed by atoms with Crippen molar-refractivity contribution in [2.45, 2.75) is 18.5 Å². The third kappa shape index (κ3) is 4.41. The molecule has 3 aromatic carbocycles. The van der Waals surface area contributed by atoms with E-state index in [-0.39, 0.29) is 12.0 Å². The maximum atomic E-state index is 13.4. The van der Waals surface area contributed by atoms with E-state index in [2.05, 4.69) is 10.3 Å². The standard InChI is InChI=1S/C25H21N3O4/c29-23(27-22(25(31)32)18-11-5-2-6-12-18)21(15-17-9-3-1-4-10-17)28-16-26-20-14-8-7-13-19(20)24(28)30/h1-14,16,21-22H,15H2,(H,27,29)(H,31,32). The van der Waals surface area contributed by atoms with Gasteiger partial charge in [-0.1, -0.05) is 72.8 Å². The molecule has 2 unspecified atom stereocenters. The fourth-order valence-electron chi connectivity index (χ4n) is 3.63. The lowest BCUT2D eigenvalue weighted by Gasteiger charge is -2.22. The van der Waals surface area contributed by atoms with Crippen LogP contribution in [0.3, 0.4) is 0 Å². The molecule has 4 rings (SSSR count). The molecule has 0 saturated carbocycles. The van der Waals surface area contributed by atoms with E-state index in [1.165, 1.54) is 10.9 Å². The van der Waals surface area contributed by atoms with Gasteiger partial charge in [0.1, 0.15) is 6.04 Å². The first kappa shape index (κ1) is 21.0. The summed E-state index contributed by atoms with van der Waals surface area (Å²) in [6.07, 6.45) is 1.55. The van der Waals surface area contributed by atoms with Gasteiger partial charge in [0.05, 0.1) is 17.2 Å².